The number of rotatable bonds is 3. The molecule has 0 amide bonds. The van der Waals surface area contributed by atoms with E-state index in [0.717, 1.165) is 12.6 Å². The second-order valence-electron chi connectivity index (χ2n) is 1.41. The average molecular weight is 172 g/mol. The molecular formula is C8H13O2P. The van der Waals surface area contributed by atoms with Crippen LogP contribution in [-0.4, -0.2) is 25.0 Å². The van der Waals surface area contributed by atoms with Crippen molar-refractivity contribution in [2.75, 3.05) is 19.9 Å². The normalized spacial score (nSPS) is 8.00. The molecule has 0 bridgehead atoms. The highest BCUT2D eigenvalue weighted by Crippen LogP contribution is 2.08. The van der Waals surface area contributed by atoms with Crippen LogP contribution in [0, 0.1) is 24.7 Å². The summed E-state index contributed by atoms with van der Waals surface area (Å²) in [5.74, 6) is 4.52. The van der Waals surface area contributed by atoms with E-state index < -0.39 is 0 Å². The maximum Gasteiger partial charge on any atom is 0.103 e. The predicted octanol–water partition coefficient (Wildman–Crippen LogP) is 0.861. The largest absolute Gasteiger partial charge is 0.384 e. The summed E-state index contributed by atoms with van der Waals surface area (Å²) in [6.07, 6.45) is 11.3. The zero-order chi connectivity index (χ0) is 8.95. The summed E-state index contributed by atoms with van der Waals surface area (Å²) in [5.41, 5.74) is 0. The minimum atomic E-state index is -0.153. The zero-order valence-electron chi connectivity index (χ0n) is 6.63. The van der Waals surface area contributed by atoms with Crippen LogP contribution in [0.1, 0.15) is 6.42 Å². The van der Waals surface area contributed by atoms with Gasteiger partial charge in [-0.1, -0.05) is 5.92 Å². The molecule has 0 radical (unpaired) electrons. The van der Waals surface area contributed by atoms with E-state index in [-0.39, 0.29) is 6.61 Å². The van der Waals surface area contributed by atoms with Crippen LogP contribution in [0.4, 0.5) is 0 Å². The molecule has 0 rings (SSSR count). The molecule has 1 N–H and O–H groups in total. The molecule has 1 atom stereocenters. The highest BCUT2D eigenvalue weighted by atomic mass is 31.1. The van der Waals surface area contributed by atoms with Gasteiger partial charge in [0.25, 0.3) is 0 Å². The van der Waals surface area contributed by atoms with Gasteiger partial charge in [0.15, 0.2) is 0 Å². The van der Waals surface area contributed by atoms with Gasteiger partial charge in [0, 0.05) is 28.5 Å². The Balaban J connectivity index is 0. The minimum absolute atomic E-state index is 0.153. The van der Waals surface area contributed by atoms with Crippen LogP contribution in [0.3, 0.4) is 0 Å². The standard InChI is InChI=1S/C5H9OP.C3H4O/c1-3-4-5-7-6-2;1-2-3-4/h1,7H,4-5H2,2H3;1,4H,3H2. The lowest BCUT2D eigenvalue weighted by atomic mass is 10.5. The van der Waals surface area contributed by atoms with E-state index in [2.05, 4.69) is 12.3 Å². The molecule has 3 heteroatoms. The smallest absolute Gasteiger partial charge is 0.103 e. The first kappa shape index (κ1) is 13.1. The highest BCUT2D eigenvalue weighted by Gasteiger charge is 1.77. The molecule has 0 heterocycles. The van der Waals surface area contributed by atoms with Crippen molar-refractivity contribution < 1.29 is 9.63 Å². The third-order valence-corrected chi connectivity index (χ3v) is 1.35. The Hall–Kier alpha value is -0.530. The summed E-state index contributed by atoms with van der Waals surface area (Å²) in [5, 5.41) is 7.64. The first-order valence-electron chi connectivity index (χ1n) is 3.07. The fraction of sp³-hybridized carbons (Fsp3) is 0.500. The lowest BCUT2D eigenvalue weighted by Crippen LogP contribution is -1.70. The summed E-state index contributed by atoms with van der Waals surface area (Å²) in [7, 11) is 2.27. The topological polar surface area (TPSA) is 29.5 Å². The molecule has 2 nitrogen and oxygen atoms in total. The Kier molecular flexibility index (Phi) is 19.3. The molecular weight excluding hydrogens is 159 g/mol. The summed E-state index contributed by atoms with van der Waals surface area (Å²) < 4.78 is 4.78. The van der Waals surface area contributed by atoms with Crippen molar-refractivity contribution in [3.05, 3.63) is 0 Å². The molecule has 62 valence electrons. The van der Waals surface area contributed by atoms with E-state index in [1.54, 1.807) is 7.11 Å². The van der Waals surface area contributed by atoms with Crippen LogP contribution in [0.5, 0.6) is 0 Å². The van der Waals surface area contributed by atoms with Crippen molar-refractivity contribution in [1.82, 2.24) is 0 Å². The fourth-order valence-electron chi connectivity index (χ4n) is 0.225. The van der Waals surface area contributed by atoms with Crippen LogP contribution < -0.4 is 0 Å². The first-order valence-corrected chi connectivity index (χ1v) is 4.18. The van der Waals surface area contributed by atoms with E-state index in [0.29, 0.717) is 8.81 Å². The lowest BCUT2D eigenvalue weighted by Gasteiger charge is -1.89. The molecule has 0 aliphatic rings. The molecule has 11 heavy (non-hydrogen) atoms. The van der Waals surface area contributed by atoms with E-state index in [4.69, 9.17) is 16.1 Å². The molecule has 0 aliphatic carbocycles. The van der Waals surface area contributed by atoms with Gasteiger partial charge in [-0.3, -0.25) is 0 Å². The minimum Gasteiger partial charge on any atom is -0.384 e. The van der Waals surface area contributed by atoms with Crippen LogP contribution in [0.25, 0.3) is 0 Å². The van der Waals surface area contributed by atoms with Crippen LogP contribution in [-0.2, 0) is 4.52 Å². The molecule has 0 aromatic rings. The van der Waals surface area contributed by atoms with E-state index in [1.807, 2.05) is 5.92 Å². The van der Waals surface area contributed by atoms with Gasteiger partial charge in [-0.25, -0.2) is 0 Å². The molecule has 0 fully saturated rings. The summed E-state index contributed by atoms with van der Waals surface area (Å²) in [6.45, 7) is -0.153. The summed E-state index contributed by atoms with van der Waals surface area (Å²) in [4.78, 5) is 0. The van der Waals surface area contributed by atoms with E-state index in [9.17, 15) is 0 Å². The zero-order valence-corrected chi connectivity index (χ0v) is 7.63. The number of terminal acetylenes is 2. The Morgan fingerprint density at radius 1 is 1.45 bits per heavy atom. The first-order chi connectivity index (χ1) is 5.33. The quantitative estimate of drug-likeness (QED) is 0.388. The third kappa shape index (κ3) is 26.4. The third-order valence-electron chi connectivity index (χ3n) is 0.607. The number of hydrogen-bond acceptors (Lipinski definition) is 2. The van der Waals surface area contributed by atoms with Crippen LogP contribution in [0.15, 0.2) is 0 Å². The maximum atomic E-state index is 7.64. The Bertz CT molecular complexity index is 132. The van der Waals surface area contributed by atoms with Crippen molar-refractivity contribution in [1.29, 1.82) is 0 Å². The monoisotopic (exact) mass is 172 g/mol. The van der Waals surface area contributed by atoms with Gasteiger partial charge in [0.1, 0.15) is 6.61 Å². The van der Waals surface area contributed by atoms with Gasteiger partial charge in [0.2, 0.25) is 0 Å². The highest BCUT2D eigenvalue weighted by molar-refractivity contribution is 7.32. The molecule has 0 saturated heterocycles. The average Bonchev–Trinajstić information content (AvgIpc) is 2.06. The lowest BCUT2D eigenvalue weighted by molar-refractivity contribution is 0.351. The molecule has 0 aliphatic heterocycles. The van der Waals surface area contributed by atoms with Gasteiger partial charge in [0.05, 0.1) is 0 Å². The van der Waals surface area contributed by atoms with Gasteiger partial charge < -0.3 is 9.63 Å². The van der Waals surface area contributed by atoms with Crippen molar-refractivity contribution in [2.24, 2.45) is 0 Å². The molecule has 0 aromatic heterocycles. The Morgan fingerprint density at radius 2 is 2.00 bits per heavy atom. The molecule has 1 unspecified atom stereocenters. The van der Waals surface area contributed by atoms with Crippen molar-refractivity contribution in [2.45, 2.75) is 6.42 Å². The fourth-order valence-corrected chi connectivity index (χ4v) is 0.676. The Labute approximate surface area is 70.2 Å². The molecule has 0 aromatic carbocycles. The SMILES string of the molecule is C#CCCPOC.C#CCO. The molecule has 0 spiro atoms. The van der Waals surface area contributed by atoms with Crippen LogP contribution in [0.2, 0.25) is 0 Å². The van der Waals surface area contributed by atoms with Gasteiger partial charge in [-0.05, 0) is 0 Å². The second-order valence-corrected chi connectivity index (χ2v) is 2.61. The number of aliphatic hydroxyl groups is 1. The van der Waals surface area contributed by atoms with Gasteiger partial charge >= 0.3 is 0 Å². The summed E-state index contributed by atoms with van der Waals surface area (Å²) in [6, 6.07) is 0. The van der Waals surface area contributed by atoms with Crippen molar-refractivity contribution in [3.8, 4) is 24.7 Å². The van der Waals surface area contributed by atoms with Crippen molar-refractivity contribution >= 4 is 8.81 Å². The van der Waals surface area contributed by atoms with Crippen molar-refractivity contribution in [3.63, 3.8) is 0 Å². The summed E-state index contributed by atoms with van der Waals surface area (Å²) >= 11 is 0. The Morgan fingerprint density at radius 3 is 2.27 bits per heavy atom. The second kappa shape index (κ2) is 16.2. The van der Waals surface area contributed by atoms with Gasteiger partial charge in [-0.15, -0.1) is 18.8 Å². The van der Waals surface area contributed by atoms with E-state index >= 15 is 0 Å². The predicted molar refractivity (Wildman–Crippen MR) is 49.6 cm³/mol. The van der Waals surface area contributed by atoms with Gasteiger partial charge in [-0.2, -0.15) is 0 Å². The maximum absolute atomic E-state index is 7.64. The number of hydrogen-bond donors (Lipinski definition) is 1. The molecule has 0 saturated carbocycles. The van der Waals surface area contributed by atoms with Crippen LogP contribution >= 0.6 is 8.81 Å². The number of aliphatic hydroxyl groups excluding tert-OH is 1. The van der Waals surface area contributed by atoms with E-state index in [1.165, 1.54) is 0 Å².